The Hall–Kier alpha value is -4.22. The van der Waals surface area contributed by atoms with Crippen LogP contribution in [0.4, 0.5) is 0 Å². The topological polar surface area (TPSA) is 63.2 Å². The number of carbonyl (C=O) groups is 1. The van der Waals surface area contributed by atoms with Gasteiger partial charge in [-0.3, -0.25) is 4.79 Å². The average molecular weight is 520 g/mol. The van der Waals surface area contributed by atoms with Gasteiger partial charge in [0.05, 0.1) is 5.75 Å². The molecule has 0 saturated heterocycles. The molecule has 1 aliphatic rings. The van der Waals surface area contributed by atoms with E-state index in [2.05, 4.69) is 65.4 Å². The molecule has 0 unspecified atom stereocenters. The van der Waals surface area contributed by atoms with Crippen LogP contribution in [-0.2, 0) is 27.0 Å². The third-order valence-electron chi connectivity index (χ3n) is 6.67. The maximum absolute atomic E-state index is 12.3. The molecule has 0 aliphatic heterocycles. The number of rotatable bonds is 7. The van der Waals surface area contributed by atoms with Crippen molar-refractivity contribution in [3.05, 3.63) is 149 Å². The Morgan fingerprint density at radius 1 is 0.737 bits per heavy atom. The molecule has 0 aromatic heterocycles. The van der Waals surface area contributed by atoms with Crippen molar-refractivity contribution in [1.29, 1.82) is 0 Å². The zero-order valence-electron chi connectivity index (χ0n) is 21.0. The summed E-state index contributed by atoms with van der Waals surface area (Å²) in [6.07, 6.45) is 6.01. The maximum atomic E-state index is 12.3. The summed E-state index contributed by atoms with van der Waals surface area (Å²) < 4.78 is 26.8. The predicted molar refractivity (Wildman–Crippen MR) is 154 cm³/mol. The standard InChI is InChI=1S/C33H29NO3S/c35-32(34-38(36,37)24-26-10-3-1-4-11-26)23-20-25-18-21-29(22-19-25)33-30-16-8-7-14-28(30)15-9-17-31(33)27-12-5-2-6-13-27/h1-8,10-14,16,18-23H,9,15,17,24H2,(H,34,35)/b23-20+. The van der Waals surface area contributed by atoms with Gasteiger partial charge in [0, 0.05) is 6.08 Å². The van der Waals surface area contributed by atoms with Crippen LogP contribution < -0.4 is 4.72 Å². The van der Waals surface area contributed by atoms with Gasteiger partial charge in [0.25, 0.3) is 5.91 Å². The summed E-state index contributed by atoms with van der Waals surface area (Å²) in [6.45, 7) is 0. The van der Waals surface area contributed by atoms with E-state index in [9.17, 15) is 13.2 Å². The van der Waals surface area contributed by atoms with Gasteiger partial charge < -0.3 is 0 Å². The summed E-state index contributed by atoms with van der Waals surface area (Å²) >= 11 is 0. The van der Waals surface area contributed by atoms with E-state index in [1.54, 1.807) is 30.3 Å². The molecule has 4 aromatic carbocycles. The van der Waals surface area contributed by atoms with Crippen LogP contribution in [0.2, 0.25) is 0 Å². The van der Waals surface area contributed by atoms with Crippen LogP contribution in [-0.4, -0.2) is 14.3 Å². The lowest BCUT2D eigenvalue weighted by atomic mass is 9.87. The number of aryl methyl sites for hydroxylation is 1. The molecule has 5 rings (SSSR count). The Labute approximate surface area is 224 Å². The molecule has 0 radical (unpaired) electrons. The van der Waals surface area contributed by atoms with Crippen LogP contribution >= 0.6 is 0 Å². The number of nitrogens with one attached hydrogen (secondary N) is 1. The first-order valence-corrected chi connectivity index (χ1v) is 14.4. The van der Waals surface area contributed by atoms with Crippen LogP contribution in [0.25, 0.3) is 17.2 Å². The van der Waals surface area contributed by atoms with E-state index < -0.39 is 15.9 Å². The van der Waals surface area contributed by atoms with Gasteiger partial charge in [0.2, 0.25) is 10.0 Å². The molecular formula is C33H29NO3S. The van der Waals surface area contributed by atoms with Crippen LogP contribution in [0.15, 0.2) is 115 Å². The molecule has 0 saturated carbocycles. The molecule has 190 valence electrons. The summed E-state index contributed by atoms with van der Waals surface area (Å²) in [4.78, 5) is 12.3. The normalized spacial score (nSPS) is 13.7. The van der Waals surface area contributed by atoms with E-state index in [1.807, 2.05) is 24.3 Å². The maximum Gasteiger partial charge on any atom is 0.257 e. The number of carbonyl (C=O) groups excluding carboxylic acids is 1. The highest BCUT2D eigenvalue weighted by Crippen LogP contribution is 2.39. The molecule has 38 heavy (non-hydrogen) atoms. The monoisotopic (exact) mass is 519 g/mol. The van der Waals surface area contributed by atoms with Gasteiger partial charge >= 0.3 is 0 Å². The fourth-order valence-electron chi connectivity index (χ4n) is 4.93. The molecule has 1 amide bonds. The summed E-state index contributed by atoms with van der Waals surface area (Å²) in [5.41, 5.74) is 8.97. The molecule has 1 aliphatic carbocycles. The zero-order chi connectivity index (χ0) is 26.4. The van der Waals surface area contributed by atoms with Gasteiger partial charge in [-0.05, 0) is 69.9 Å². The Morgan fingerprint density at radius 3 is 2.13 bits per heavy atom. The Kier molecular flexibility index (Phi) is 7.66. The quantitative estimate of drug-likeness (QED) is 0.278. The average Bonchev–Trinajstić information content (AvgIpc) is 3.12. The third kappa shape index (κ3) is 6.18. The summed E-state index contributed by atoms with van der Waals surface area (Å²) in [7, 11) is -3.78. The summed E-state index contributed by atoms with van der Waals surface area (Å²) in [5, 5.41) is 0. The molecule has 1 N–H and O–H groups in total. The largest absolute Gasteiger partial charge is 0.269 e. The van der Waals surface area contributed by atoms with Gasteiger partial charge in [-0.1, -0.05) is 109 Å². The van der Waals surface area contributed by atoms with Crippen molar-refractivity contribution in [1.82, 2.24) is 4.72 Å². The molecule has 0 atom stereocenters. The first-order valence-electron chi connectivity index (χ1n) is 12.7. The Morgan fingerprint density at radius 2 is 1.39 bits per heavy atom. The van der Waals surface area contributed by atoms with Gasteiger partial charge in [-0.25, -0.2) is 13.1 Å². The van der Waals surface area contributed by atoms with E-state index in [1.165, 1.54) is 33.9 Å². The molecule has 5 heteroatoms. The van der Waals surface area contributed by atoms with Crippen molar-refractivity contribution in [2.75, 3.05) is 0 Å². The first-order chi connectivity index (χ1) is 18.5. The first kappa shape index (κ1) is 25.4. The van der Waals surface area contributed by atoms with E-state index in [0.29, 0.717) is 5.56 Å². The molecular weight excluding hydrogens is 490 g/mol. The lowest BCUT2D eigenvalue weighted by molar-refractivity contribution is -0.114. The minimum atomic E-state index is -3.78. The smallest absolute Gasteiger partial charge is 0.257 e. The molecule has 4 aromatic rings. The molecule has 0 spiro atoms. The van der Waals surface area contributed by atoms with Crippen molar-refractivity contribution in [3.63, 3.8) is 0 Å². The van der Waals surface area contributed by atoms with E-state index in [0.717, 1.165) is 30.4 Å². The predicted octanol–water partition coefficient (Wildman–Crippen LogP) is 6.64. The lowest BCUT2D eigenvalue weighted by Crippen LogP contribution is -2.30. The SMILES string of the molecule is O=C(/C=C/c1ccc(C2=C(c3ccccc3)CCCc3ccccc32)cc1)NS(=O)(=O)Cc1ccccc1. The Balaban J connectivity index is 1.38. The number of benzene rings is 4. The zero-order valence-corrected chi connectivity index (χ0v) is 21.8. The minimum absolute atomic E-state index is 0.248. The summed E-state index contributed by atoms with van der Waals surface area (Å²) in [6, 6.07) is 36.0. The lowest BCUT2D eigenvalue weighted by Gasteiger charge is -2.16. The second kappa shape index (κ2) is 11.4. The number of amides is 1. The highest BCUT2D eigenvalue weighted by atomic mass is 32.2. The molecule has 4 nitrogen and oxygen atoms in total. The fourth-order valence-corrected chi connectivity index (χ4v) is 6.01. The van der Waals surface area contributed by atoms with Crippen LogP contribution in [0.1, 0.15) is 46.2 Å². The minimum Gasteiger partial charge on any atom is -0.269 e. The van der Waals surface area contributed by atoms with Crippen molar-refractivity contribution < 1.29 is 13.2 Å². The van der Waals surface area contributed by atoms with Gasteiger partial charge in [0.15, 0.2) is 0 Å². The number of allylic oxidation sites excluding steroid dienone is 1. The van der Waals surface area contributed by atoms with E-state index in [4.69, 9.17) is 0 Å². The van der Waals surface area contributed by atoms with E-state index in [-0.39, 0.29) is 5.75 Å². The van der Waals surface area contributed by atoms with Crippen LogP contribution in [0, 0.1) is 0 Å². The second-order valence-electron chi connectivity index (χ2n) is 9.40. The molecule has 0 heterocycles. The number of sulfonamides is 1. The van der Waals surface area contributed by atoms with Gasteiger partial charge in [-0.2, -0.15) is 0 Å². The van der Waals surface area contributed by atoms with Crippen molar-refractivity contribution in [2.24, 2.45) is 0 Å². The number of hydrogen-bond acceptors (Lipinski definition) is 3. The number of hydrogen-bond donors (Lipinski definition) is 1. The fraction of sp³-hybridized carbons (Fsp3) is 0.121. The highest BCUT2D eigenvalue weighted by Gasteiger charge is 2.19. The van der Waals surface area contributed by atoms with E-state index >= 15 is 0 Å². The van der Waals surface area contributed by atoms with Gasteiger partial charge in [0.1, 0.15) is 0 Å². The van der Waals surface area contributed by atoms with Crippen molar-refractivity contribution in [3.8, 4) is 0 Å². The van der Waals surface area contributed by atoms with Crippen molar-refractivity contribution in [2.45, 2.75) is 25.0 Å². The molecule has 0 fully saturated rings. The molecule has 0 bridgehead atoms. The highest BCUT2D eigenvalue weighted by molar-refractivity contribution is 7.89. The van der Waals surface area contributed by atoms with Crippen molar-refractivity contribution >= 4 is 33.2 Å². The Bertz CT molecular complexity index is 1590. The van der Waals surface area contributed by atoms with Gasteiger partial charge in [-0.15, -0.1) is 0 Å². The number of fused-ring (bicyclic) bond motifs is 1. The van der Waals surface area contributed by atoms with Crippen LogP contribution in [0.5, 0.6) is 0 Å². The third-order valence-corrected chi connectivity index (χ3v) is 7.89. The van der Waals surface area contributed by atoms with Crippen LogP contribution in [0.3, 0.4) is 0 Å². The second-order valence-corrected chi connectivity index (χ2v) is 11.1. The summed E-state index contributed by atoms with van der Waals surface area (Å²) in [5.74, 6) is -0.917.